The number of hydrogen-bond donors (Lipinski definition) is 2. The van der Waals surface area contributed by atoms with Crippen molar-refractivity contribution in [1.82, 2.24) is 5.32 Å². The van der Waals surface area contributed by atoms with Gasteiger partial charge in [0.15, 0.2) is 0 Å². The number of halogens is 2. The average Bonchev–Trinajstić information content (AvgIpc) is 3.22. The van der Waals surface area contributed by atoms with E-state index in [1.807, 2.05) is 30.3 Å². The Bertz CT molecular complexity index is 1200. The highest BCUT2D eigenvalue weighted by Crippen LogP contribution is 2.36. The minimum atomic E-state index is -0.590. The second-order valence-electron chi connectivity index (χ2n) is 7.68. The summed E-state index contributed by atoms with van der Waals surface area (Å²) in [6, 6.07) is 21.4. The van der Waals surface area contributed by atoms with Gasteiger partial charge in [-0.3, -0.25) is 14.4 Å². The molecule has 3 aromatic carbocycles. The van der Waals surface area contributed by atoms with E-state index in [0.717, 1.165) is 5.56 Å². The molecule has 0 aliphatic carbocycles. The number of anilines is 2. The van der Waals surface area contributed by atoms with E-state index in [1.165, 1.54) is 4.90 Å². The second-order valence-corrected chi connectivity index (χ2v) is 8.47. The van der Waals surface area contributed by atoms with Crippen LogP contribution in [0.4, 0.5) is 11.4 Å². The monoisotopic (exact) mass is 481 g/mol. The first-order valence-electron chi connectivity index (χ1n) is 10.4. The molecule has 0 saturated carbocycles. The Hall–Kier alpha value is -3.35. The van der Waals surface area contributed by atoms with Gasteiger partial charge in [0.1, 0.15) is 0 Å². The van der Waals surface area contributed by atoms with Gasteiger partial charge in [-0.2, -0.15) is 0 Å². The molecule has 6 nitrogen and oxygen atoms in total. The minimum absolute atomic E-state index is 0.0387. The van der Waals surface area contributed by atoms with Crippen molar-refractivity contribution < 1.29 is 14.4 Å². The van der Waals surface area contributed by atoms with Crippen LogP contribution in [0.2, 0.25) is 10.0 Å². The highest BCUT2D eigenvalue weighted by Gasteiger charge is 2.36. The summed E-state index contributed by atoms with van der Waals surface area (Å²) in [6.45, 7) is 0.543. The lowest BCUT2D eigenvalue weighted by Crippen LogP contribution is -2.29. The van der Waals surface area contributed by atoms with Gasteiger partial charge in [0.05, 0.1) is 32.9 Å². The maximum Gasteiger partial charge on any atom is 0.253 e. The van der Waals surface area contributed by atoms with Crippen molar-refractivity contribution in [3.63, 3.8) is 0 Å². The summed E-state index contributed by atoms with van der Waals surface area (Å²) in [7, 11) is 0. The van der Waals surface area contributed by atoms with Crippen molar-refractivity contribution in [2.75, 3.05) is 16.8 Å². The Labute approximate surface area is 201 Å². The number of hydrogen-bond acceptors (Lipinski definition) is 3. The van der Waals surface area contributed by atoms with Gasteiger partial charge < -0.3 is 15.5 Å². The van der Waals surface area contributed by atoms with Crippen LogP contribution in [0.1, 0.15) is 22.3 Å². The first-order valence-corrected chi connectivity index (χ1v) is 11.2. The first-order chi connectivity index (χ1) is 15.9. The second kappa shape index (κ2) is 10.1. The Balaban J connectivity index is 1.44. The molecule has 0 unspecified atom stereocenters. The molecule has 1 aliphatic rings. The predicted molar refractivity (Wildman–Crippen MR) is 130 cm³/mol. The van der Waals surface area contributed by atoms with E-state index in [4.69, 9.17) is 23.2 Å². The number of benzene rings is 3. The van der Waals surface area contributed by atoms with Crippen LogP contribution in [0.15, 0.2) is 72.8 Å². The molecule has 8 heteroatoms. The third-order valence-electron chi connectivity index (χ3n) is 5.44. The van der Waals surface area contributed by atoms with Crippen LogP contribution in [-0.4, -0.2) is 24.3 Å². The lowest BCUT2D eigenvalue weighted by molar-refractivity contribution is -0.122. The summed E-state index contributed by atoms with van der Waals surface area (Å²) >= 11 is 12.3. The number of rotatable bonds is 6. The molecule has 1 fully saturated rings. The Kier molecular flexibility index (Phi) is 6.96. The van der Waals surface area contributed by atoms with E-state index < -0.39 is 5.92 Å². The van der Waals surface area contributed by atoms with E-state index in [1.54, 1.807) is 42.5 Å². The van der Waals surface area contributed by atoms with Crippen LogP contribution in [-0.2, 0) is 16.1 Å². The largest absolute Gasteiger partial charge is 0.348 e. The normalized spacial score (nSPS) is 15.4. The molecular formula is C25H21Cl2N3O3. The van der Waals surface area contributed by atoms with E-state index in [2.05, 4.69) is 10.6 Å². The van der Waals surface area contributed by atoms with Crippen molar-refractivity contribution in [3.05, 3.63) is 94.0 Å². The van der Waals surface area contributed by atoms with Crippen LogP contribution in [0.3, 0.4) is 0 Å². The molecule has 168 valence electrons. The first kappa shape index (κ1) is 22.8. The maximum absolute atomic E-state index is 13.0. The Morgan fingerprint density at radius 2 is 1.67 bits per heavy atom. The Morgan fingerprint density at radius 1 is 0.939 bits per heavy atom. The number of nitrogens with one attached hydrogen (secondary N) is 2. The van der Waals surface area contributed by atoms with E-state index >= 15 is 0 Å². The van der Waals surface area contributed by atoms with Crippen molar-refractivity contribution in [2.45, 2.75) is 13.0 Å². The summed E-state index contributed by atoms with van der Waals surface area (Å²) in [5.74, 6) is -1.45. The lowest BCUT2D eigenvalue weighted by atomic mass is 10.1. The molecular weight excluding hydrogens is 461 g/mol. The molecule has 0 aromatic heterocycles. The molecule has 0 spiro atoms. The minimum Gasteiger partial charge on any atom is -0.348 e. The lowest BCUT2D eigenvalue weighted by Gasteiger charge is -2.19. The fourth-order valence-corrected chi connectivity index (χ4v) is 4.11. The summed E-state index contributed by atoms with van der Waals surface area (Å²) in [4.78, 5) is 39.8. The van der Waals surface area contributed by atoms with Crippen LogP contribution < -0.4 is 15.5 Å². The predicted octanol–water partition coefficient (Wildman–Crippen LogP) is 4.92. The van der Waals surface area contributed by atoms with Crippen molar-refractivity contribution >= 4 is 52.3 Å². The number of carbonyl (C=O) groups is 3. The van der Waals surface area contributed by atoms with Gasteiger partial charge in [-0.25, -0.2) is 0 Å². The molecule has 3 amide bonds. The molecule has 3 aromatic rings. The number of nitrogens with zero attached hydrogens (tertiary/aromatic N) is 1. The summed E-state index contributed by atoms with van der Waals surface area (Å²) < 4.78 is 0. The third kappa shape index (κ3) is 5.18. The van der Waals surface area contributed by atoms with Gasteiger partial charge in [-0.05, 0) is 29.8 Å². The zero-order valence-electron chi connectivity index (χ0n) is 17.6. The molecule has 0 radical (unpaired) electrons. The van der Waals surface area contributed by atoms with Gasteiger partial charge in [0.25, 0.3) is 5.91 Å². The van der Waals surface area contributed by atoms with Crippen LogP contribution in [0.5, 0.6) is 0 Å². The van der Waals surface area contributed by atoms with Gasteiger partial charge in [-0.15, -0.1) is 0 Å². The molecule has 1 aliphatic heterocycles. The fourth-order valence-electron chi connectivity index (χ4n) is 3.72. The molecule has 2 N–H and O–H groups in total. The Morgan fingerprint density at radius 3 is 2.45 bits per heavy atom. The van der Waals surface area contributed by atoms with Crippen LogP contribution >= 0.6 is 23.2 Å². The maximum atomic E-state index is 13.0. The van der Waals surface area contributed by atoms with Gasteiger partial charge >= 0.3 is 0 Å². The van der Waals surface area contributed by atoms with Crippen LogP contribution in [0.25, 0.3) is 0 Å². The molecule has 1 saturated heterocycles. The summed E-state index contributed by atoms with van der Waals surface area (Å²) in [6.07, 6.45) is 0.0387. The highest BCUT2D eigenvalue weighted by atomic mass is 35.5. The summed E-state index contributed by atoms with van der Waals surface area (Å²) in [5.41, 5.74) is 2.18. The standard InChI is InChI=1S/C25H21Cl2N3O3/c26-19-10-6-12-21(23(19)27)30-15-17(13-22(30)31)24(32)29-20-11-5-4-9-18(20)25(33)28-14-16-7-2-1-3-8-16/h1-12,17H,13-15H2,(H,28,33)(H,29,32)/t17-/m0/s1. The molecule has 0 bridgehead atoms. The zero-order chi connectivity index (χ0) is 23.4. The summed E-state index contributed by atoms with van der Waals surface area (Å²) in [5, 5.41) is 6.29. The molecule has 1 atom stereocenters. The van der Waals surface area contributed by atoms with Gasteiger partial charge in [0.2, 0.25) is 11.8 Å². The van der Waals surface area contributed by atoms with Crippen molar-refractivity contribution in [3.8, 4) is 0 Å². The zero-order valence-corrected chi connectivity index (χ0v) is 19.1. The number of carbonyl (C=O) groups excluding carboxylic acids is 3. The van der Waals surface area contributed by atoms with E-state index in [0.29, 0.717) is 28.5 Å². The smallest absolute Gasteiger partial charge is 0.253 e. The van der Waals surface area contributed by atoms with E-state index in [9.17, 15) is 14.4 Å². The number of amides is 3. The van der Waals surface area contributed by atoms with Gasteiger partial charge in [0, 0.05) is 19.5 Å². The quantitative estimate of drug-likeness (QED) is 0.524. The number of para-hydroxylation sites is 1. The third-order valence-corrected chi connectivity index (χ3v) is 6.25. The van der Waals surface area contributed by atoms with E-state index in [-0.39, 0.29) is 35.7 Å². The molecule has 33 heavy (non-hydrogen) atoms. The molecule has 4 rings (SSSR count). The van der Waals surface area contributed by atoms with Crippen molar-refractivity contribution in [2.24, 2.45) is 5.92 Å². The van der Waals surface area contributed by atoms with Crippen molar-refractivity contribution in [1.29, 1.82) is 0 Å². The SMILES string of the molecule is O=C(NCc1ccccc1)c1ccccc1NC(=O)[C@H]1CC(=O)N(c2cccc(Cl)c2Cl)C1. The molecule has 1 heterocycles. The average molecular weight is 482 g/mol. The highest BCUT2D eigenvalue weighted by molar-refractivity contribution is 6.44. The topological polar surface area (TPSA) is 78.5 Å². The fraction of sp³-hybridized carbons (Fsp3) is 0.160. The van der Waals surface area contributed by atoms with Gasteiger partial charge in [-0.1, -0.05) is 71.7 Å². The van der Waals surface area contributed by atoms with Crippen LogP contribution in [0, 0.1) is 5.92 Å².